The molecular formula is C43H64N4O5. The fourth-order valence-electron chi connectivity index (χ4n) is 5.81. The highest BCUT2D eigenvalue weighted by atomic mass is 16.3. The molecule has 0 bridgehead atoms. The molecular weight excluding hydrogens is 652 g/mol. The van der Waals surface area contributed by atoms with Gasteiger partial charge in [-0.3, -0.25) is 14.4 Å². The number of anilines is 1. The van der Waals surface area contributed by atoms with E-state index in [2.05, 4.69) is 91.4 Å². The van der Waals surface area contributed by atoms with Crippen molar-refractivity contribution >= 4 is 23.3 Å². The third-order valence-electron chi connectivity index (χ3n) is 9.92. The number of nitrogens with zero attached hydrogens (tertiary/aromatic N) is 2. The molecule has 0 radical (unpaired) electrons. The van der Waals surface area contributed by atoms with Gasteiger partial charge in [-0.05, 0) is 53.7 Å². The van der Waals surface area contributed by atoms with E-state index in [-0.39, 0.29) is 42.1 Å². The van der Waals surface area contributed by atoms with Gasteiger partial charge in [0.15, 0.2) is 17.4 Å². The topological polar surface area (TPSA) is 141 Å². The minimum absolute atomic E-state index is 0. The SMILES string of the molecule is C.CC(C)C(C(=O)Nc1ccccc1)c1ccccc1.CC(C)C(C)C(C)(C)c1nc(C(N)=O)co1.CCC(c1nc(C(C)=O)co1)C(C)C(C)C. The van der Waals surface area contributed by atoms with E-state index in [9.17, 15) is 14.4 Å². The summed E-state index contributed by atoms with van der Waals surface area (Å²) < 4.78 is 10.8. The predicted octanol–water partition coefficient (Wildman–Crippen LogP) is 10.7. The molecule has 2 amide bonds. The molecule has 9 heteroatoms. The molecule has 286 valence electrons. The molecule has 0 saturated heterocycles. The maximum Gasteiger partial charge on any atom is 0.270 e. The Balaban J connectivity index is 0.000000389. The number of rotatable bonds is 13. The normalized spacial score (nSPS) is 13.4. The molecule has 3 N–H and O–H groups in total. The minimum atomic E-state index is -0.553. The first-order valence-electron chi connectivity index (χ1n) is 18.0. The summed E-state index contributed by atoms with van der Waals surface area (Å²) in [5.41, 5.74) is 7.47. The van der Waals surface area contributed by atoms with Crippen LogP contribution in [0.1, 0.15) is 147 Å². The number of carbonyl (C=O) groups excluding carboxylic acids is 3. The monoisotopic (exact) mass is 716 g/mol. The van der Waals surface area contributed by atoms with Gasteiger partial charge in [0.2, 0.25) is 11.8 Å². The van der Waals surface area contributed by atoms with Gasteiger partial charge in [-0.1, -0.05) is 132 Å². The molecule has 0 saturated carbocycles. The number of benzene rings is 2. The fourth-order valence-corrected chi connectivity index (χ4v) is 5.81. The molecule has 0 spiro atoms. The summed E-state index contributed by atoms with van der Waals surface area (Å²) in [4.78, 5) is 43.0. The van der Waals surface area contributed by atoms with Crippen molar-refractivity contribution in [1.29, 1.82) is 0 Å². The second-order valence-corrected chi connectivity index (χ2v) is 14.9. The second kappa shape index (κ2) is 21.1. The highest BCUT2D eigenvalue weighted by Gasteiger charge is 2.35. The Bertz CT molecular complexity index is 1640. The largest absolute Gasteiger partial charge is 0.448 e. The Morgan fingerprint density at radius 3 is 1.73 bits per heavy atom. The van der Waals surface area contributed by atoms with Crippen LogP contribution in [-0.4, -0.2) is 27.6 Å². The van der Waals surface area contributed by atoms with Gasteiger partial charge in [0, 0.05) is 23.9 Å². The maximum absolute atomic E-state index is 12.4. The number of para-hydroxylation sites is 1. The lowest BCUT2D eigenvalue weighted by Gasteiger charge is -2.31. The quantitative estimate of drug-likeness (QED) is 0.131. The number of amides is 2. The zero-order valence-corrected chi connectivity index (χ0v) is 32.7. The molecule has 0 aliphatic rings. The van der Waals surface area contributed by atoms with E-state index in [1.165, 1.54) is 19.5 Å². The molecule has 4 atom stereocenters. The van der Waals surface area contributed by atoms with Crippen molar-refractivity contribution in [2.75, 3.05) is 5.32 Å². The number of nitrogens with two attached hydrogens (primary N) is 1. The first-order valence-corrected chi connectivity index (χ1v) is 18.0. The van der Waals surface area contributed by atoms with E-state index in [4.69, 9.17) is 14.6 Å². The third kappa shape index (κ3) is 12.9. The Morgan fingerprint density at radius 2 is 1.31 bits per heavy atom. The number of Topliss-reactive ketones (excluding diaryl/α,β-unsaturated/α-hetero) is 1. The summed E-state index contributed by atoms with van der Waals surface area (Å²) in [6.45, 7) is 25.0. The molecule has 2 aromatic heterocycles. The second-order valence-electron chi connectivity index (χ2n) is 14.9. The third-order valence-corrected chi connectivity index (χ3v) is 9.92. The van der Waals surface area contributed by atoms with Crippen molar-refractivity contribution < 1.29 is 23.2 Å². The summed E-state index contributed by atoms with van der Waals surface area (Å²) in [5.74, 6) is 3.15. The van der Waals surface area contributed by atoms with E-state index in [1.807, 2.05) is 60.7 Å². The van der Waals surface area contributed by atoms with E-state index in [1.54, 1.807) is 0 Å². The van der Waals surface area contributed by atoms with Crippen LogP contribution in [0.25, 0.3) is 0 Å². The number of ketones is 1. The number of aromatic nitrogens is 2. The molecule has 4 unspecified atom stereocenters. The number of oxazole rings is 2. The van der Waals surface area contributed by atoms with Crippen LogP contribution in [-0.2, 0) is 10.2 Å². The molecule has 9 nitrogen and oxygen atoms in total. The van der Waals surface area contributed by atoms with Crippen LogP contribution in [0, 0.1) is 29.6 Å². The standard InChI is InChI=1S/C17H19NO.C13H21NO2.C12H20N2O2.CH4/c1-13(2)16(14-9-5-3-6-10-14)17(19)18-15-11-7-4-8-12-15;1-6-11(9(4)8(2)3)13-14-12(7-16-13)10(5)15;1-7(2)8(3)12(4,5)11-14-9(6-16-11)10(13)15;/h3-13,16H,1-2H3,(H,18,19);7-9,11H,6H2,1-5H3;6-8H,1-5H3,(H2,13,15);1H4. The zero-order chi connectivity index (χ0) is 38.5. The Kier molecular flexibility index (Phi) is 18.5. The summed E-state index contributed by atoms with van der Waals surface area (Å²) in [6.07, 6.45) is 3.77. The van der Waals surface area contributed by atoms with Crippen molar-refractivity contribution in [2.45, 2.75) is 114 Å². The van der Waals surface area contributed by atoms with Gasteiger partial charge in [0.25, 0.3) is 5.91 Å². The number of hydrogen-bond acceptors (Lipinski definition) is 7. The van der Waals surface area contributed by atoms with E-state index in [0.717, 1.165) is 17.7 Å². The van der Waals surface area contributed by atoms with Gasteiger partial charge >= 0.3 is 0 Å². The van der Waals surface area contributed by atoms with Crippen molar-refractivity contribution in [3.05, 3.63) is 102 Å². The van der Waals surface area contributed by atoms with E-state index >= 15 is 0 Å². The molecule has 0 fully saturated rings. The van der Waals surface area contributed by atoms with Gasteiger partial charge < -0.3 is 19.9 Å². The summed E-state index contributed by atoms with van der Waals surface area (Å²) in [7, 11) is 0. The Labute approximate surface area is 312 Å². The summed E-state index contributed by atoms with van der Waals surface area (Å²) in [6, 6.07) is 19.5. The number of nitrogens with one attached hydrogen (secondary N) is 1. The number of hydrogen-bond donors (Lipinski definition) is 2. The van der Waals surface area contributed by atoms with Crippen molar-refractivity contribution in [3.8, 4) is 0 Å². The summed E-state index contributed by atoms with van der Waals surface area (Å²) >= 11 is 0. The average molecular weight is 717 g/mol. The zero-order valence-electron chi connectivity index (χ0n) is 32.7. The van der Waals surface area contributed by atoms with Crippen molar-refractivity contribution in [2.24, 2.45) is 35.3 Å². The summed E-state index contributed by atoms with van der Waals surface area (Å²) in [5, 5.41) is 2.98. The molecule has 4 aromatic rings. The minimum Gasteiger partial charge on any atom is -0.448 e. The van der Waals surface area contributed by atoms with Crippen LogP contribution >= 0.6 is 0 Å². The lowest BCUT2D eigenvalue weighted by Crippen LogP contribution is -2.30. The number of carbonyl (C=O) groups is 3. The maximum atomic E-state index is 12.4. The fraction of sp³-hybridized carbons (Fsp3) is 0.512. The average Bonchev–Trinajstić information content (AvgIpc) is 3.78. The van der Waals surface area contributed by atoms with Gasteiger partial charge in [0.05, 0.1) is 5.92 Å². The predicted molar refractivity (Wildman–Crippen MR) is 211 cm³/mol. The van der Waals surface area contributed by atoms with Crippen molar-refractivity contribution in [1.82, 2.24) is 9.97 Å². The number of primary amides is 1. The lowest BCUT2D eigenvalue weighted by atomic mass is 9.74. The first kappa shape index (κ1) is 45.5. The van der Waals surface area contributed by atoms with Crippen molar-refractivity contribution in [3.63, 3.8) is 0 Å². The molecule has 0 aliphatic heterocycles. The highest BCUT2D eigenvalue weighted by Crippen LogP contribution is 2.35. The molecule has 0 aliphatic carbocycles. The van der Waals surface area contributed by atoms with E-state index < -0.39 is 5.91 Å². The highest BCUT2D eigenvalue weighted by molar-refractivity contribution is 5.96. The molecule has 2 aromatic carbocycles. The van der Waals surface area contributed by atoms with Gasteiger partial charge in [0.1, 0.15) is 18.2 Å². The van der Waals surface area contributed by atoms with Crippen LogP contribution in [0.3, 0.4) is 0 Å². The van der Waals surface area contributed by atoms with Gasteiger partial charge in [-0.2, -0.15) is 0 Å². The van der Waals surface area contributed by atoms with Crippen LogP contribution in [0.2, 0.25) is 0 Å². The Hall–Kier alpha value is -4.53. The molecule has 2 heterocycles. The smallest absolute Gasteiger partial charge is 0.270 e. The van der Waals surface area contributed by atoms with E-state index in [0.29, 0.717) is 47.1 Å². The van der Waals surface area contributed by atoms with Crippen LogP contribution in [0.5, 0.6) is 0 Å². The first-order chi connectivity index (χ1) is 23.9. The molecule has 52 heavy (non-hydrogen) atoms. The lowest BCUT2D eigenvalue weighted by molar-refractivity contribution is -0.118. The van der Waals surface area contributed by atoms with Crippen LogP contribution < -0.4 is 11.1 Å². The molecule has 4 rings (SSSR count). The Morgan fingerprint density at radius 1 is 0.769 bits per heavy atom. The van der Waals surface area contributed by atoms with Crippen LogP contribution in [0.15, 0.2) is 82.0 Å². The van der Waals surface area contributed by atoms with Crippen LogP contribution in [0.4, 0.5) is 5.69 Å². The van der Waals surface area contributed by atoms with Gasteiger partial charge in [-0.15, -0.1) is 0 Å². The van der Waals surface area contributed by atoms with Gasteiger partial charge in [-0.25, -0.2) is 9.97 Å².